The van der Waals surface area contributed by atoms with Gasteiger partial charge in [0, 0.05) is 19.0 Å². The topological polar surface area (TPSA) is 68.8 Å². The summed E-state index contributed by atoms with van der Waals surface area (Å²) in [5.74, 6) is 1.78. The molecule has 0 saturated heterocycles. The Hall–Kier alpha value is -2.44. The molecule has 0 fully saturated rings. The zero-order chi connectivity index (χ0) is 19.9. The summed E-state index contributed by atoms with van der Waals surface area (Å²) in [6, 6.07) is 12.3. The molecule has 1 unspecified atom stereocenters. The third kappa shape index (κ3) is 5.34. The summed E-state index contributed by atoms with van der Waals surface area (Å²) >= 11 is 0. The van der Waals surface area contributed by atoms with Crippen molar-refractivity contribution < 1.29 is 19.0 Å². The van der Waals surface area contributed by atoms with Crippen LogP contribution in [0.4, 0.5) is 0 Å². The lowest BCUT2D eigenvalue weighted by Gasteiger charge is -2.27. The van der Waals surface area contributed by atoms with Gasteiger partial charge in [-0.1, -0.05) is 30.3 Å². The van der Waals surface area contributed by atoms with E-state index in [0.717, 1.165) is 18.5 Å². The van der Waals surface area contributed by atoms with E-state index in [1.807, 2.05) is 18.2 Å². The van der Waals surface area contributed by atoms with E-state index in [0.29, 0.717) is 36.6 Å². The number of methoxy groups -OCH3 is 3. The van der Waals surface area contributed by atoms with Crippen LogP contribution in [-0.4, -0.2) is 40.3 Å². The van der Waals surface area contributed by atoms with E-state index < -0.39 is 0 Å². The van der Waals surface area contributed by atoms with Crippen molar-refractivity contribution >= 4 is 18.3 Å². The molecule has 1 aliphatic heterocycles. The Morgan fingerprint density at radius 3 is 2.55 bits per heavy atom. The second-order valence-corrected chi connectivity index (χ2v) is 6.75. The van der Waals surface area contributed by atoms with Crippen LogP contribution in [0.5, 0.6) is 17.2 Å². The number of halogens is 1. The van der Waals surface area contributed by atoms with E-state index >= 15 is 0 Å². The Labute approximate surface area is 178 Å². The van der Waals surface area contributed by atoms with Crippen molar-refractivity contribution in [3.63, 3.8) is 0 Å². The van der Waals surface area contributed by atoms with E-state index in [-0.39, 0.29) is 24.4 Å². The Morgan fingerprint density at radius 2 is 1.83 bits per heavy atom. The fourth-order valence-corrected chi connectivity index (χ4v) is 3.69. The molecule has 29 heavy (non-hydrogen) atoms. The summed E-state index contributed by atoms with van der Waals surface area (Å²) in [4.78, 5) is 12.4. The van der Waals surface area contributed by atoms with Gasteiger partial charge >= 0.3 is 0 Å². The number of aryl methyl sites for hydroxylation is 1. The predicted octanol–water partition coefficient (Wildman–Crippen LogP) is 3.07. The average molecular weight is 421 g/mol. The highest BCUT2D eigenvalue weighted by atomic mass is 35.5. The lowest BCUT2D eigenvalue weighted by molar-refractivity contribution is -0.121. The minimum Gasteiger partial charge on any atom is -0.493 e. The number of hydrogen-bond acceptors (Lipinski definition) is 5. The summed E-state index contributed by atoms with van der Waals surface area (Å²) in [7, 11) is 4.75. The van der Waals surface area contributed by atoms with Gasteiger partial charge in [0.1, 0.15) is 0 Å². The van der Waals surface area contributed by atoms with Crippen molar-refractivity contribution in [1.29, 1.82) is 0 Å². The van der Waals surface area contributed by atoms with Crippen LogP contribution in [0.2, 0.25) is 0 Å². The standard InChI is InChI=1S/C22H28N2O4.ClH/c1-26-19-10-8-16(21(27-2)22(19)28-3)9-11-20(25)24-14-18-17-7-5-4-6-15(17)12-13-23-18;/h4-8,10,18,23H,9,11-14H2,1-3H3,(H,24,25);1H. The first kappa shape index (κ1) is 22.8. The Bertz CT molecular complexity index is 828. The summed E-state index contributed by atoms with van der Waals surface area (Å²) in [6.07, 6.45) is 1.96. The molecule has 1 aliphatic rings. The molecule has 7 heteroatoms. The smallest absolute Gasteiger partial charge is 0.220 e. The number of hydrogen-bond donors (Lipinski definition) is 2. The van der Waals surface area contributed by atoms with Gasteiger partial charge in [0.05, 0.1) is 21.3 Å². The highest BCUT2D eigenvalue weighted by Crippen LogP contribution is 2.40. The monoisotopic (exact) mass is 420 g/mol. The Morgan fingerprint density at radius 1 is 1.07 bits per heavy atom. The lowest BCUT2D eigenvalue weighted by Crippen LogP contribution is -2.38. The van der Waals surface area contributed by atoms with Crippen LogP contribution in [0.25, 0.3) is 0 Å². The van der Waals surface area contributed by atoms with E-state index in [4.69, 9.17) is 14.2 Å². The maximum Gasteiger partial charge on any atom is 0.220 e. The second kappa shape index (κ2) is 10.9. The molecular formula is C22H29ClN2O4. The molecule has 0 aliphatic carbocycles. The van der Waals surface area contributed by atoms with Gasteiger partial charge in [-0.15, -0.1) is 12.4 Å². The van der Waals surface area contributed by atoms with Gasteiger partial charge in [-0.25, -0.2) is 0 Å². The second-order valence-electron chi connectivity index (χ2n) is 6.75. The van der Waals surface area contributed by atoms with E-state index in [2.05, 4.69) is 28.8 Å². The fourth-order valence-electron chi connectivity index (χ4n) is 3.69. The molecule has 158 valence electrons. The predicted molar refractivity (Wildman–Crippen MR) is 116 cm³/mol. The number of amides is 1. The molecule has 2 N–H and O–H groups in total. The molecule has 1 heterocycles. The van der Waals surface area contributed by atoms with Crippen LogP contribution in [-0.2, 0) is 17.6 Å². The molecule has 1 amide bonds. The van der Waals surface area contributed by atoms with E-state index in [9.17, 15) is 4.79 Å². The van der Waals surface area contributed by atoms with Gasteiger partial charge in [0.25, 0.3) is 0 Å². The summed E-state index contributed by atoms with van der Waals surface area (Å²) < 4.78 is 16.2. The van der Waals surface area contributed by atoms with Crippen LogP contribution in [0.15, 0.2) is 36.4 Å². The highest BCUT2D eigenvalue weighted by molar-refractivity contribution is 5.85. The van der Waals surface area contributed by atoms with Crippen molar-refractivity contribution in [3.8, 4) is 17.2 Å². The van der Waals surface area contributed by atoms with Gasteiger partial charge in [0.15, 0.2) is 11.5 Å². The van der Waals surface area contributed by atoms with Crippen LogP contribution in [0.1, 0.15) is 29.2 Å². The van der Waals surface area contributed by atoms with Crippen molar-refractivity contribution in [1.82, 2.24) is 10.6 Å². The number of carbonyl (C=O) groups is 1. The maximum atomic E-state index is 12.4. The zero-order valence-corrected chi connectivity index (χ0v) is 17.9. The molecule has 2 aromatic rings. The molecule has 0 radical (unpaired) electrons. The quantitative estimate of drug-likeness (QED) is 0.686. The number of fused-ring (bicyclic) bond motifs is 1. The maximum absolute atomic E-state index is 12.4. The third-order valence-corrected chi connectivity index (χ3v) is 5.13. The van der Waals surface area contributed by atoms with Gasteiger partial charge in [0.2, 0.25) is 11.7 Å². The van der Waals surface area contributed by atoms with Crippen molar-refractivity contribution in [2.75, 3.05) is 34.4 Å². The zero-order valence-electron chi connectivity index (χ0n) is 17.1. The lowest BCUT2D eigenvalue weighted by atomic mass is 9.94. The summed E-state index contributed by atoms with van der Waals surface area (Å²) in [5.41, 5.74) is 3.54. The molecule has 6 nitrogen and oxygen atoms in total. The molecule has 2 aromatic carbocycles. The van der Waals surface area contributed by atoms with Gasteiger partial charge in [-0.2, -0.15) is 0 Å². The third-order valence-electron chi connectivity index (χ3n) is 5.13. The van der Waals surface area contributed by atoms with Gasteiger partial charge in [-0.3, -0.25) is 4.79 Å². The van der Waals surface area contributed by atoms with Crippen molar-refractivity contribution in [2.45, 2.75) is 25.3 Å². The molecule has 0 spiro atoms. The van der Waals surface area contributed by atoms with Crippen LogP contribution in [0, 0.1) is 0 Å². The van der Waals surface area contributed by atoms with Gasteiger partial charge < -0.3 is 24.8 Å². The van der Waals surface area contributed by atoms with E-state index in [1.165, 1.54) is 11.1 Å². The Kier molecular flexibility index (Phi) is 8.61. The fraction of sp³-hybridized carbons (Fsp3) is 0.409. The van der Waals surface area contributed by atoms with Gasteiger partial charge in [-0.05, 0) is 42.1 Å². The first-order chi connectivity index (χ1) is 13.7. The number of nitrogens with one attached hydrogen (secondary N) is 2. The van der Waals surface area contributed by atoms with Crippen molar-refractivity contribution in [2.24, 2.45) is 0 Å². The first-order valence-electron chi connectivity index (χ1n) is 9.53. The number of benzene rings is 2. The average Bonchev–Trinajstić information content (AvgIpc) is 2.75. The molecule has 0 aromatic heterocycles. The highest BCUT2D eigenvalue weighted by Gasteiger charge is 2.20. The van der Waals surface area contributed by atoms with Crippen molar-refractivity contribution in [3.05, 3.63) is 53.1 Å². The molecule has 0 bridgehead atoms. The largest absolute Gasteiger partial charge is 0.493 e. The van der Waals surface area contributed by atoms with Crippen LogP contribution >= 0.6 is 12.4 Å². The normalized spacial score (nSPS) is 14.9. The van der Waals surface area contributed by atoms with E-state index in [1.54, 1.807) is 21.3 Å². The Balaban J connectivity index is 0.00000300. The minimum atomic E-state index is 0. The first-order valence-corrected chi connectivity index (χ1v) is 9.53. The number of ether oxygens (including phenoxy) is 3. The molecule has 0 saturated carbocycles. The van der Waals surface area contributed by atoms with Crippen LogP contribution < -0.4 is 24.8 Å². The molecular weight excluding hydrogens is 392 g/mol. The van der Waals surface area contributed by atoms with Crippen LogP contribution in [0.3, 0.4) is 0 Å². The summed E-state index contributed by atoms with van der Waals surface area (Å²) in [6.45, 7) is 1.51. The number of carbonyl (C=O) groups excluding carboxylic acids is 1. The molecule has 3 rings (SSSR count). The SMILES string of the molecule is COc1ccc(CCC(=O)NCC2NCCc3ccccc32)c(OC)c1OC.Cl. The summed E-state index contributed by atoms with van der Waals surface area (Å²) in [5, 5.41) is 6.54. The molecule has 1 atom stereocenters. The minimum absolute atomic E-state index is 0. The number of rotatable bonds is 8.